The Morgan fingerprint density at radius 2 is 1.94 bits per heavy atom. The average molecular weight is 251 g/mol. The topological polar surface area (TPSA) is 12.0 Å². The monoisotopic (exact) mass is 251 g/mol. The van der Waals surface area contributed by atoms with Gasteiger partial charge in [-0.1, -0.05) is 45.4 Å². The molecule has 0 radical (unpaired) electrons. The van der Waals surface area contributed by atoms with Crippen LogP contribution in [0.3, 0.4) is 0 Å². The SMILES string of the molecule is CCCNC(CC(C)(C)C)c1cc(C)ccc1F. The Balaban J connectivity index is 2.97. The molecule has 102 valence electrons. The van der Waals surface area contributed by atoms with Gasteiger partial charge < -0.3 is 5.32 Å². The Bertz CT molecular complexity index is 379. The highest BCUT2D eigenvalue weighted by molar-refractivity contribution is 5.27. The molecule has 0 aliphatic carbocycles. The zero-order chi connectivity index (χ0) is 13.8. The van der Waals surface area contributed by atoms with Crippen molar-refractivity contribution < 1.29 is 4.39 Å². The molecule has 1 atom stereocenters. The second kappa shape index (κ2) is 6.33. The van der Waals surface area contributed by atoms with Gasteiger partial charge in [-0.15, -0.1) is 0 Å². The predicted octanol–water partition coefficient (Wildman–Crippen LogP) is 4.61. The molecule has 1 aromatic rings. The minimum atomic E-state index is -0.0987. The molecule has 18 heavy (non-hydrogen) atoms. The van der Waals surface area contributed by atoms with Crippen molar-refractivity contribution in [2.24, 2.45) is 5.41 Å². The van der Waals surface area contributed by atoms with Crippen LogP contribution in [0, 0.1) is 18.2 Å². The van der Waals surface area contributed by atoms with Gasteiger partial charge in [-0.3, -0.25) is 0 Å². The van der Waals surface area contributed by atoms with Gasteiger partial charge in [0.1, 0.15) is 5.82 Å². The summed E-state index contributed by atoms with van der Waals surface area (Å²) in [6, 6.07) is 5.47. The molecule has 0 aliphatic rings. The van der Waals surface area contributed by atoms with Crippen molar-refractivity contribution in [1.29, 1.82) is 0 Å². The maximum absolute atomic E-state index is 14.0. The number of benzene rings is 1. The Morgan fingerprint density at radius 3 is 2.50 bits per heavy atom. The van der Waals surface area contributed by atoms with E-state index in [4.69, 9.17) is 0 Å². The van der Waals surface area contributed by atoms with E-state index in [9.17, 15) is 4.39 Å². The van der Waals surface area contributed by atoms with Crippen molar-refractivity contribution in [1.82, 2.24) is 5.32 Å². The van der Waals surface area contributed by atoms with E-state index in [0.717, 1.165) is 30.5 Å². The molecule has 0 aromatic heterocycles. The Morgan fingerprint density at radius 1 is 1.28 bits per heavy atom. The number of halogens is 1. The maximum atomic E-state index is 14.0. The Hall–Kier alpha value is -0.890. The minimum absolute atomic E-state index is 0.0987. The van der Waals surface area contributed by atoms with Gasteiger partial charge in [-0.2, -0.15) is 0 Å². The molecule has 2 heteroatoms. The summed E-state index contributed by atoms with van der Waals surface area (Å²) in [4.78, 5) is 0. The molecule has 0 saturated heterocycles. The van der Waals surface area contributed by atoms with Crippen molar-refractivity contribution in [3.8, 4) is 0 Å². The molecule has 1 nitrogen and oxygen atoms in total. The second-order valence-corrected chi connectivity index (χ2v) is 6.30. The normalized spacial score (nSPS) is 13.7. The van der Waals surface area contributed by atoms with Crippen LogP contribution in [0.25, 0.3) is 0 Å². The van der Waals surface area contributed by atoms with Crippen LogP contribution < -0.4 is 5.32 Å². The van der Waals surface area contributed by atoms with Crippen LogP contribution in [0.2, 0.25) is 0 Å². The highest BCUT2D eigenvalue weighted by Crippen LogP contribution is 2.31. The van der Waals surface area contributed by atoms with E-state index >= 15 is 0 Å². The lowest BCUT2D eigenvalue weighted by atomic mass is 9.85. The molecule has 0 bridgehead atoms. The summed E-state index contributed by atoms with van der Waals surface area (Å²) >= 11 is 0. The maximum Gasteiger partial charge on any atom is 0.127 e. The van der Waals surface area contributed by atoms with Gasteiger partial charge in [0, 0.05) is 11.6 Å². The molecule has 0 aliphatic heterocycles. The fourth-order valence-electron chi connectivity index (χ4n) is 2.15. The summed E-state index contributed by atoms with van der Waals surface area (Å²) in [5.74, 6) is -0.0987. The zero-order valence-electron chi connectivity index (χ0n) is 12.3. The molecular formula is C16H26FN. The summed E-state index contributed by atoms with van der Waals surface area (Å²) < 4.78 is 14.0. The lowest BCUT2D eigenvalue weighted by Crippen LogP contribution is -2.27. The molecule has 1 aromatic carbocycles. The minimum Gasteiger partial charge on any atom is -0.310 e. The third-order valence-electron chi connectivity index (χ3n) is 2.98. The van der Waals surface area contributed by atoms with E-state index in [-0.39, 0.29) is 17.3 Å². The first-order valence-corrected chi connectivity index (χ1v) is 6.83. The summed E-state index contributed by atoms with van der Waals surface area (Å²) in [6.45, 7) is 11.7. The van der Waals surface area contributed by atoms with Gasteiger partial charge >= 0.3 is 0 Å². The molecule has 0 spiro atoms. The summed E-state index contributed by atoms with van der Waals surface area (Å²) in [6.07, 6.45) is 2.00. The molecule has 1 rings (SSSR count). The first-order valence-electron chi connectivity index (χ1n) is 6.83. The molecule has 1 unspecified atom stereocenters. The smallest absolute Gasteiger partial charge is 0.127 e. The van der Waals surface area contributed by atoms with Crippen LogP contribution in [0.5, 0.6) is 0 Å². The predicted molar refractivity (Wildman–Crippen MR) is 76.2 cm³/mol. The molecule has 0 saturated carbocycles. The summed E-state index contributed by atoms with van der Waals surface area (Å²) in [5, 5.41) is 3.47. The van der Waals surface area contributed by atoms with Crippen LogP contribution in [-0.4, -0.2) is 6.54 Å². The van der Waals surface area contributed by atoms with E-state index in [1.165, 1.54) is 0 Å². The molecular weight excluding hydrogens is 225 g/mol. The molecule has 0 fully saturated rings. The first kappa shape index (κ1) is 15.2. The number of hydrogen-bond acceptors (Lipinski definition) is 1. The average Bonchev–Trinajstić information content (AvgIpc) is 2.26. The summed E-state index contributed by atoms with van der Waals surface area (Å²) in [5.41, 5.74) is 2.10. The van der Waals surface area contributed by atoms with Crippen LogP contribution in [0.15, 0.2) is 18.2 Å². The van der Waals surface area contributed by atoms with E-state index in [2.05, 4.69) is 33.0 Å². The highest BCUT2D eigenvalue weighted by Gasteiger charge is 2.22. The fourth-order valence-corrected chi connectivity index (χ4v) is 2.15. The molecule has 0 heterocycles. The molecule has 0 amide bonds. The van der Waals surface area contributed by atoms with Gasteiger partial charge in [-0.25, -0.2) is 4.39 Å². The third-order valence-corrected chi connectivity index (χ3v) is 2.98. The largest absolute Gasteiger partial charge is 0.310 e. The van der Waals surface area contributed by atoms with Gasteiger partial charge in [0.2, 0.25) is 0 Å². The van der Waals surface area contributed by atoms with Crippen molar-refractivity contribution in [2.45, 2.75) is 53.5 Å². The van der Waals surface area contributed by atoms with Gasteiger partial charge in [-0.05, 0) is 37.8 Å². The van der Waals surface area contributed by atoms with E-state index in [1.807, 2.05) is 19.1 Å². The van der Waals surface area contributed by atoms with Crippen LogP contribution in [0.4, 0.5) is 4.39 Å². The van der Waals surface area contributed by atoms with Crippen molar-refractivity contribution >= 4 is 0 Å². The Labute approximate surface area is 111 Å². The third kappa shape index (κ3) is 4.77. The van der Waals surface area contributed by atoms with E-state index in [0.29, 0.717) is 0 Å². The van der Waals surface area contributed by atoms with Crippen LogP contribution in [-0.2, 0) is 0 Å². The number of hydrogen-bond donors (Lipinski definition) is 1. The van der Waals surface area contributed by atoms with E-state index < -0.39 is 0 Å². The standard InChI is InChI=1S/C16H26FN/c1-6-9-18-15(11-16(3,4)5)13-10-12(2)7-8-14(13)17/h7-8,10,15,18H,6,9,11H2,1-5H3. The van der Waals surface area contributed by atoms with E-state index in [1.54, 1.807) is 6.07 Å². The van der Waals surface area contributed by atoms with Crippen LogP contribution in [0.1, 0.15) is 57.7 Å². The van der Waals surface area contributed by atoms with Gasteiger partial charge in [0.05, 0.1) is 0 Å². The van der Waals surface area contributed by atoms with Crippen LogP contribution >= 0.6 is 0 Å². The number of rotatable bonds is 5. The zero-order valence-corrected chi connectivity index (χ0v) is 12.3. The van der Waals surface area contributed by atoms with Crippen molar-refractivity contribution in [2.75, 3.05) is 6.54 Å². The molecule has 1 N–H and O–H groups in total. The highest BCUT2D eigenvalue weighted by atomic mass is 19.1. The van der Waals surface area contributed by atoms with Crippen molar-refractivity contribution in [3.63, 3.8) is 0 Å². The first-order chi connectivity index (χ1) is 8.33. The lowest BCUT2D eigenvalue weighted by Gasteiger charge is -2.27. The lowest BCUT2D eigenvalue weighted by molar-refractivity contribution is 0.307. The number of aryl methyl sites for hydroxylation is 1. The van der Waals surface area contributed by atoms with Gasteiger partial charge in [0.25, 0.3) is 0 Å². The quantitative estimate of drug-likeness (QED) is 0.805. The Kier molecular flexibility index (Phi) is 5.33. The van der Waals surface area contributed by atoms with Gasteiger partial charge in [0.15, 0.2) is 0 Å². The summed E-state index contributed by atoms with van der Waals surface area (Å²) in [7, 11) is 0. The second-order valence-electron chi connectivity index (χ2n) is 6.30. The number of nitrogens with one attached hydrogen (secondary N) is 1. The van der Waals surface area contributed by atoms with Crippen molar-refractivity contribution in [3.05, 3.63) is 35.1 Å². The fraction of sp³-hybridized carbons (Fsp3) is 0.625.